The molecule has 0 atom stereocenters. The van der Waals surface area contributed by atoms with E-state index in [2.05, 4.69) is 14.8 Å². The molecule has 0 radical (unpaired) electrons. The Morgan fingerprint density at radius 3 is 2.81 bits per heavy atom. The molecule has 2 aromatic heterocycles. The van der Waals surface area contributed by atoms with Gasteiger partial charge in [0, 0.05) is 23.7 Å². The van der Waals surface area contributed by atoms with E-state index in [1.807, 2.05) is 6.92 Å². The Hall–Kier alpha value is -2.32. The Kier molecular flexibility index (Phi) is 4.47. The van der Waals surface area contributed by atoms with Crippen LogP contribution in [0.5, 0.6) is 5.75 Å². The molecule has 0 saturated heterocycles. The lowest BCUT2D eigenvalue weighted by molar-refractivity contribution is 0.412. The number of rotatable bonds is 6. The van der Waals surface area contributed by atoms with Crippen LogP contribution < -0.4 is 9.46 Å². The molecule has 1 saturated carbocycles. The van der Waals surface area contributed by atoms with Gasteiger partial charge in [-0.2, -0.15) is 5.10 Å². The third-order valence-electron chi connectivity index (χ3n) is 4.55. The SMILES string of the molecule is COc1cc(NS(=O)(=O)CC2CC2)ccc1-n1nc(C)c2cnc(Cl)cc21. The van der Waals surface area contributed by atoms with E-state index in [0.717, 1.165) is 29.4 Å². The Morgan fingerprint density at radius 1 is 1.33 bits per heavy atom. The molecule has 0 aliphatic heterocycles. The highest BCUT2D eigenvalue weighted by Crippen LogP contribution is 2.33. The van der Waals surface area contributed by atoms with Gasteiger partial charge in [0.15, 0.2) is 0 Å². The monoisotopic (exact) mass is 406 g/mol. The lowest BCUT2D eigenvalue weighted by atomic mass is 10.2. The number of hydrogen-bond donors (Lipinski definition) is 1. The predicted molar refractivity (Wildman–Crippen MR) is 105 cm³/mol. The van der Waals surface area contributed by atoms with Crippen LogP contribution in [0, 0.1) is 12.8 Å². The van der Waals surface area contributed by atoms with Gasteiger partial charge in [-0.3, -0.25) is 4.72 Å². The number of halogens is 1. The summed E-state index contributed by atoms with van der Waals surface area (Å²) in [7, 11) is -1.83. The largest absolute Gasteiger partial charge is 0.494 e. The summed E-state index contributed by atoms with van der Waals surface area (Å²) < 4.78 is 34.3. The lowest BCUT2D eigenvalue weighted by Gasteiger charge is -2.13. The molecule has 0 unspecified atom stereocenters. The number of nitrogens with one attached hydrogen (secondary N) is 1. The van der Waals surface area contributed by atoms with Crippen LogP contribution in [0.2, 0.25) is 5.15 Å². The Bertz CT molecular complexity index is 1120. The molecular weight excluding hydrogens is 388 g/mol. The molecule has 1 N–H and O–H groups in total. The Morgan fingerprint density at radius 2 is 2.11 bits per heavy atom. The minimum absolute atomic E-state index is 0.158. The van der Waals surface area contributed by atoms with E-state index in [0.29, 0.717) is 22.3 Å². The van der Waals surface area contributed by atoms with Crippen molar-refractivity contribution in [3.05, 3.63) is 41.3 Å². The maximum absolute atomic E-state index is 12.2. The minimum Gasteiger partial charge on any atom is -0.494 e. The van der Waals surface area contributed by atoms with Gasteiger partial charge >= 0.3 is 0 Å². The first kappa shape index (κ1) is 18.1. The van der Waals surface area contributed by atoms with Crippen molar-refractivity contribution in [3.8, 4) is 11.4 Å². The van der Waals surface area contributed by atoms with E-state index in [4.69, 9.17) is 16.3 Å². The smallest absolute Gasteiger partial charge is 0.232 e. The Balaban J connectivity index is 1.73. The molecule has 9 heteroatoms. The molecule has 27 heavy (non-hydrogen) atoms. The molecule has 142 valence electrons. The van der Waals surface area contributed by atoms with E-state index in [-0.39, 0.29) is 11.7 Å². The van der Waals surface area contributed by atoms with Crippen molar-refractivity contribution < 1.29 is 13.2 Å². The second-order valence-corrected chi connectivity index (χ2v) is 8.89. The molecule has 0 amide bonds. The third kappa shape index (κ3) is 3.72. The van der Waals surface area contributed by atoms with Gasteiger partial charge in [0.1, 0.15) is 16.6 Å². The molecule has 4 rings (SSSR count). The van der Waals surface area contributed by atoms with Crippen molar-refractivity contribution in [2.24, 2.45) is 5.92 Å². The first-order chi connectivity index (χ1) is 12.9. The van der Waals surface area contributed by atoms with Crippen molar-refractivity contribution in [1.29, 1.82) is 0 Å². The highest BCUT2D eigenvalue weighted by Gasteiger charge is 2.28. The van der Waals surface area contributed by atoms with Gasteiger partial charge in [-0.25, -0.2) is 18.1 Å². The van der Waals surface area contributed by atoms with Crippen molar-refractivity contribution >= 4 is 38.2 Å². The second kappa shape index (κ2) is 6.69. The summed E-state index contributed by atoms with van der Waals surface area (Å²) in [6.07, 6.45) is 3.64. The number of ether oxygens (including phenoxy) is 1. The molecule has 1 fully saturated rings. The number of fused-ring (bicyclic) bond motifs is 1. The van der Waals surface area contributed by atoms with Crippen LogP contribution in [0.1, 0.15) is 18.5 Å². The molecule has 0 bridgehead atoms. The number of anilines is 1. The second-order valence-electron chi connectivity index (χ2n) is 6.73. The average molecular weight is 407 g/mol. The van der Waals surface area contributed by atoms with E-state index in [1.165, 1.54) is 7.11 Å². The molecule has 2 heterocycles. The molecule has 1 aromatic carbocycles. The highest BCUT2D eigenvalue weighted by molar-refractivity contribution is 7.92. The maximum Gasteiger partial charge on any atom is 0.232 e. The van der Waals surface area contributed by atoms with Crippen LogP contribution in [-0.2, 0) is 10.0 Å². The van der Waals surface area contributed by atoms with Gasteiger partial charge in [-0.1, -0.05) is 11.6 Å². The highest BCUT2D eigenvalue weighted by atomic mass is 35.5. The van der Waals surface area contributed by atoms with Gasteiger partial charge in [-0.05, 0) is 37.8 Å². The summed E-state index contributed by atoms with van der Waals surface area (Å²) in [5.74, 6) is 0.936. The summed E-state index contributed by atoms with van der Waals surface area (Å²) in [5.41, 5.74) is 2.76. The fourth-order valence-corrected chi connectivity index (χ4v) is 4.72. The fourth-order valence-electron chi connectivity index (χ4n) is 3.05. The van der Waals surface area contributed by atoms with E-state index >= 15 is 0 Å². The van der Waals surface area contributed by atoms with Gasteiger partial charge in [0.2, 0.25) is 10.0 Å². The molecule has 1 aliphatic carbocycles. The van der Waals surface area contributed by atoms with Crippen molar-refractivity contribution in [2.45, 2.75) is 19.8 Å². The Labute approximate surface area is 162 Å². The topological polar surface area (TPSA) is 86.1 Å². The molecule has 3 aromatic rings. The van der Waals surface area contributed by atoms with Crippen LogP contribution in [0.3, 0.4) is 0 Å². The summed E-state index contributed by atoms with van der Waals surface area (Å²) in [6.45, 7) is 1.89. The number of hydrogen-bond acceptors (Lipinski definition) is 5. The molecule has 7 nitrogen and oxygen atoms in total. The number of pyridine rings is 1. The van der Waals surface area contributed by atoms with E-state index < -0.39 is 10.0 Å². The minimum atomic E-state index is -3.36. The summed E-state index contributed by atoms with van der Waals surface area (Å²) >= 11 is 6.05. The number of aromatic nitrogens is 3. The van der Waals surface area contributed by atoms with Crippen LogP contribution in [0.15, 0.2) is 30.5 Å². The zero-order chi connectivity index (χ0) is 19.2. The summed E-state index contributed by atoms with van der Waals surface area (Å²) in [6, 6.07) is 6.87. The van der Waals surface area contributed by atoms with Crippen LogP contribution in [0.4, 0.5) is 5.69 Å². The fraction of sp³-hybridized carbons (Fsp3) is 0.333. The number of benzene rings is 1. The third-order valence-corrected chi connectivity index (χ3v) is 6.21. The number of sulfonamides is 1. The van der Waals surface area contributed by atoms with Crippen molar-refractivity contribution in [3.63, 3.8) is 0 Å². The average Bonchev–Trinajstić information content (AvgIpc) is 3.36. The van der Waals surface area contributed by atoms with Gasteiger partial charge < -0.3 is 4.74 Å². The van der Waals surface area contributed by atoms with Crippen molar-refractivity contribution in [2.75, 3.05) is 17.6 Å². The first-order valence-electron chi connectivity index (χ1n) is 8.56. The van der Waals surface area contributed by atoms with Crippen molar-refractivity contribution in [1.82, 2.24) is 14.8 Å². The molecule has 0 spiro atoms. The lowest BCUT2D eigenvalue weighted by Crippen LogP contribution is -2.18. The zero-order valence-corrected chi connectivity index (χ0v) is 16.5. The number of methoxy groups -OCH3 is 1. The zero-order valence-electron chi connectivity index (χ0n) is 14.9. The summed E-state index contributed by atoms with van der Waals surface area (Å²) in [4.78, 5) is 4.10. The quantitative estimate of drug-likeness (QED) is 0.632. The molecule has 1 aliphatic rings. The van der Waals surface area contributed by atoms with Crippen LogP contribution in [0.25, 0.3) is 16.6 Å². The van der Waals surface area contributed by atoms with Crippen LogP contribution >= 0.6 is 11.6 Å². The van der Waals surface area contributed by atoms with E-state index in [1.54, 1.807) is 35.1 Å². The first-order valence-corrected chi connectivity index (χ1v) is 10.6. The number of aryl methyl sites for hydroxylation is 1. The standard InChI is InChI=1S/C18H19ClN4O3S/c1-11-14-9-20-18(19)8-16(14)23(21-11)15-6-5-13(7-17(15)26-2)22-27(24,25)10-12-3-4-12/h5-9,12,22H,3-4,10H2,1-2H3. The predicted octanol–water partition coefficient (Wildman–Crippen LogP) is 3.54. The maximum atomic E-state index is 12.2. The molecular formula is C18H19ClN4O3S. The summed E-state index contributed by atoms with van der Waals surface area (Å²) in [5, 5.41) is 5.81. The van der Waals surface area contributed by atoms with E-state index in [9.17, 15) is 8.42 Å². The van der Waals surface area contributed by atoms with Crippen LogP contribution in [-0.4, -0.2) is 36.0 Å². The normalized spacial score (nSPS) is 14.5. The number of nitrogens with zero attached hydrogens (tertiary/aromatic N) is 3. The van der Waals surface area contributed by atoms with Gasteiger partial charge in [0.25, 0.3) is 0 Å². The van der Waals surface area contributed by atoms with Gasteiger partial charge in [0.05, 0.1) is 29.8 Å². The van der Waals surface area contributed by atoms with Gasteiger partial charge in [-0.15, -0.1) is 0 Å².